The highest BCUT2D eigenvalue weighted by Crippen LogP contribution is 2.39. The number of carbonyl (C=O) groups excluding carboxylic acids is 1. The van der Waals surface area contributed by atoms with Gasteiger partial charge in [0, 0.05) is 24.5 Å². The number of amides is 1. The monoisotopic (exact) mass is 529 g/mol. The number of anilines is 3. The first-order valence-electron chi connectivity index (χ1n) is 12.5. The Morgan fingerprint density at radius 1 is 1.10 bits per heavy atom. The Balaban J connectivity index is 1.52. The van der Waals surface area contributed by atoms with Crippen LogP contribution < -0.4 is 10.6 Å². The van der Waals surface area contributed by atoms with E-state index in [1.54, 1.807) is 31.9 Å². The molecule has 39 heavy (non-hydrogen) atoms. The van der Waals surface area contributed by atoms with E-state index < -0.39 is 17.2 Å². The van der Waals surface area contributed by atoms with Crippen molar-refractivity contribution in [1.29, 1.82) is 0 Å². The van der Waals surface area contributed by atoms with Gasteiger partial charge in [0.15, 0.2) is 0 Å². The van der Waals surface area contributed by atoms with Gasteiger partial charge in [-0.1, -0.05) is 35.5 Å². The molecule has 5 rings (SSSR count). The molecule has 11 heteroatoms. The Bertz CT molecular complexity index is 1510. The van der Waals surface area contributed by atoms with Crippen molar-refractivity contribution in [2.45, 2.75) is 44.9 Å². The summed E-state index contributed by atoms with van der Waals surface area (Å²) in [6.07, 6.45) is 1.54. The molecule has 1 aliphatic rings. The van der Waals surface area contributed by atoms with Gasteiger partial charge in [0.2, 0.25) is 11.8 Å². The van der Waals surface area contributed by atoms with Crippen molar-refractivity contribution in [3.63, 3.8) is 0 Å². The zero-order valence-corrected chi connectivity index (χ0v) is 22.4. The third-order valence-electron chi connectivity index (χ3n) is 7.00. The van der Waals surface area contributed by atoms with E-state index in [0.717, 1.165) is 11.1 Å². The molecular formula is C28H31N7O4. The average molecular weight is 530 g/mol. The zero-order valence-electron chi connectivity index (χ0n) is 22.4. The number of aromatic nitrogens is 4. The van der Waals surface area contributed by atoms with E-state index in [-0.39, 0.29) is 30.2 Å². The minimum Gasteiger partial charge on any atom is -0.394 e. The number of hydrogen-bond donors (Lipinski definition) is 4. The van der Waals surface area contributed by atoms with Gasteiger partial charge >= 0.3 is 0 Å². The highest BCUT2D eigenvalue weighted by Gasteiger charge is 2.40. The molecule has 2 aromatic carbocycles. The highest BCUT2D eigenvalue weighted by atomic mass is 16.5. The van der Waals surface area contributed by atoms with Crippen LogP contribution in [-0.4, -0.2) is 54.8 Å². The lowest BCUT2D eigenvalue weighted by Gasteiger charge is -2.28. The summed E-state index contributed by atoms with van der Waals surface area (Å²) in [5.74, 6) is 0.843. The summed E-state index contributed by atoms with van der Waals surface area (Å²) in [5.41, 5.74) is 1.79. The normalized spacial score (nSPS) is 15.3. The summed E-state index contributed by atoms with van der Waals surface area (Å²) in [6, 6.07) is 14.5. The van der Waals surface area contributed by atoms with E-state index in [9.17, 15) is 15.0 Å². The minimum atomic E-state index is -1.30. The van der Waals surface area contributed by atoms with E-state index >= 15 is 0 Å². The van der Waals surface area contributed by atoms with Crippen molar-refractivity contribution in [1.82, 2.24) is 25.0 Å². The second-order valence-corrected chi connectivity index (χ2v) is 10.5. The Labute approximate surface area is 225 Å². The molecule has 1 aliphatic heterocycles. The van der Waals surface area contributed by atoms with Crippen LogP contribution in [0.15, 0.2) is 59.3 Å². The van der Waals surface area contributed by atoms with Gasteiger partial charge in [-0.25, -0.2) is 4.98 Å². The summed E-state index contributed by atoms with van der Waals surface area (Å²) >= 11 is 0. The third kappa shape index (κ3) is 4.93. The molecule has 0 saturated carbocycles. The van der Waals surface area contributed by atoms with E-state index in [1.165, 1.54) is 6.20 Å². The number of nitrogens with zero attached hydrogens (tertiary/aromatic N) is 5. The highest BCUT2D eigenvalue weighted by molar-refractivity contribution is 6.00. The van der Waals surface area contributed by atoms with Crippen LogP contribution in [0.5, 0.6) is 0 Å². The molecule has 11 nitrogen and oxygen atoms in total. The van der Waals surface area contributed by atoms with Gasteiger partial charge in [-0.3, -0.25) is 4.79 Å². The molecule has 3 heterocycles. The van der Waals surface area contributed by atoms with Crippen molar-refractivity contribution in [2.24, 2.45) is 0 Å². The fraction of sp³-hybridized carbons (Fsp3) is 0.321. The molecule has 0 saturated heterocycles. The number of fused-ring (bicyclic) bond motifs is 1. The topological polar surface area (TPSA) is 150 Å². The van der Waals surface area contributed by atoms with Crippen LogP contribution in [-0.2, 0) is 11.1 Å². The number of aliphatic hydroxyl groups excluding tert-OH is 1. The van der Waals surface area contributed by atoms with E-state index in [0.29, 0.717) is 22.6 Å². The van der Waals surface area contributed by atoms with Crippen molar-refractivity contribution >= 4 is 23.4 Å². The Morgan fingerprint density at radius 3 is 2.51 bits per heavy atom. The quantitative estimate of drug-likeness (QED) is 0.264. The van der Waals surface area contributed by atoms with Crippen molar-refractivity contribution in [3.05, 3.63) is 77.2 Å². The van der Waals surface area contributed by atoms with Crippen molar-refractivity contribution in [2.75, 3.05) is 24.3 Å². The van der Waals surface area contributed by atoms with Crippen LogP contribution >= 0.6 is 0 Å². The Morgan fingerprint density at radius 2 is 1.85 bits per heavy atom. The largest absolute Gasteiger partial charge is 0.394 e. The summed E-state index contributed by atoms with van der Waals surface area (Å²) in [5, 5.41) is 30.8. The minimum absolute atomic E-state index is 0.0189. The molecular weight excluding hydrogens is 498 g/mol. The SMILES string of the molecule is CN1C(=O)c2ccc(Nc3ncc(-c4nc(C(C)(C)O)no4)c(N[C@H](CO)c4ccccc4)n3)cc2C1(C)C. The molecule has 1 atom stereocenters. The smallest absolute Gasteiger partial charge is 0.263 e. The lowest BCUT2D eigenvalue weighted by Crippen LogP contribution is -2.35. The summed E-state index contributed by atoms with van der Waals surface area (Å²) in [7, 11) is 1.79. The molecule has 0 radical (unpaired) electrons. The van der Waals surface area contributed by atoms with Crippen LogP contribution in [0.4, 0.5) is 17.5 Å². The molecule has 1 amide bonds. The molecule has 0 unspecified atom stereocenters. The maximum absolute atomic E-state index is 12.6. The first kappa shape index (κ1) is 26.3. The summed E-state index contributed by atoms with van der Waals surface area (Å²) in [6.45, 7) is 6.92. The van der Waals surface area contributed by atoms with Crippen molar-refractivity contribution in [3.8, 4) is 11.5 Å². The number of carbonyl (C=O) groups is 1. The van der Waals surface area contributed by atoms with Gasteiger partial charge in [0.25, 0.3) is 11.8 Å². The number of rotatable bonds is 8. The number of aliphatic hydroxyl groups is 2. The maximum Gasteiger partial charge on any atom is 0.263 e. The van der Waals surface area contributed by atoms with Gasteiger partial charge in [-0.05, 0) is 57.0 Å². The van der Waals surface area contributed by atoms with E-state index in [4.69, 9.17) is 4.52 Å². The summed E-state index contributed by atoms with van der Waals surface area (Å²) in [4.78, 5) is 27.8. The van der Waals surface area contributed by atoms with Crippen LogP contribution in [0, 0.1) is 0 Å². The lowest BCUT2D eigenvalue weighted by atomic mass is 9.93. The molecule has 0 bridgehead atoms. The molecule has 0 spiro atoms. The third-order valence-corrected chi connectivity index (χ3v) is 7.00. The van der Waals surface area contributed by atoms with Crippen LogP contribution in [0.3, 0.4) is 0 Å². The molecule has 0 aliphatic carbocycles. The molecule has 4 N–H and O–H groups in total. The zero-order chi connectivity index (χ0) is 27.9. The van der Waals surface area contributed by atoms with Gasteiger partial charge in [-0.15, -0.1) is 0 Å². The number of benzene rings is 2. The van der Waals surface area contributed by atoms with Gasteiger partial charge in [-0.2, -0.15) is 9.97 Å². The second-order valence-electron chi connectivity index (χ2n) is 10.5. The predicted octanol–water partition coefficient (Wildman–Crippen LogP) is 3.96. The van der Waals surface area contributed by atoms with Crippen LogP contribution in [0.1, 0.15) is 61.0 Å². The fourth-order valence-corrected chi connectivity index (χ4v) is 4.43. The second kappa shape index (κ2) is 9.75. The van der Waals surface area contributed by atoms with Crippen LogP contribution in [0.2, 0.25) is 0 Å². The standard InChI is InChI=1S/C28H31N7O4/c1-27(2)20-13-17(11-12-18(20)24(37)35(27)5)30-26-29-14-19(23-33-25(34-39-23)28(3,4)38)22(32-26)31-21(15-36)16-9-7-6-8-10-16/h6-14,21,36,38H,15H2,1-5H3,(H2,29,30,31,32)/t21-/m1/s1. The molecule has 2 aromatic heterocycles. The van der Waals surface area contributed by atoms with E-state index in [2.05, 4.69) is 30.7 Å². The van der Waals surface area contributed by atoms with Gasteiger partial charge in [0.1, 0.15) is 17.0 Å². The average Bonchev–Trinajstić information content (AvgIpc) is 3.47. The first-order valence-corrected chi connectivity index (χ1v) is 12.5. The predicted molar refractivity (Wildman–Crippen MR) is 145 cm³/mol. The Hall–Kier alpha value is -4.35. The molecule has 4 aromatic rings. The van der Waals surface area contributed by atoms with Gasteiger partial charge in [0.05, 0.1) is 18.2 Å². The first-order chi connectivity index (χ1) is 18.5. The number of nitrogens with one attached hydrogen (secondary N) is 2. The van der Waals surface area contributed by atoms with Gasteiger partial charge < -0.3 is 30.3 Å². The van der Waals surface area contributed by atoms with E-state index in [1.807, 2.05) is 56.3 Å². The van der Waals surface area contributed by atoms with Crippen molar-refractivity contribution < 1.29 is 19.5 Å². The fourth-order valence-electron chi connectivity index (χ4n) is 4.43. The summed E-state index contributed by atoms with van der Waals surface area (Å²) < 4.78 is 5.43. The lowest BCUT2D eigenvalue weighted by molar-refractivity contribution is 0.0659. The Kier molecular flexibility index (Phi) is 6.57. The number of hydrogen-bond acceptors (Lipinski definition) is 10. The van der Waals surface area contributed by atoms with Crippen LogP contribution in [0.25, 0.3) is 11.5 Å². The maximum atomic E-state index is 12.6. The molecule has 0 fully saturated rings. The molecule has 202 valence electrons.